The summed E-state index contributed by atoms with van der Waals surface area (Å²) >= 11 is 1.32. The molecule has 1 fully saturated rings. The average Bonchev–Trinajstić information content (AvgIpc) is 2.94. The molecule has 0 atom stereocenters. The van der Waals surface area contributed by atoms with Crippen molar-refractivity contribution in [3.63, 3.8) is 0 Å². The van der Waals surface area contributed by atoms with Crippen molar-refractivity contribution >= 4 is 21.4 Å². The Labute approximate surface area is 125 Å². The Morgan fingerprint density at radius 2 is 1.95 bits per heavy atom. The molecule has 114 valence electrons. The van der Waals surface area contributed by atoms with Crippen LogP contribution in [0.1, 0.15) is 19.4 Å². The van der Waals surface area contributed by atoms with E-state index >= 15 is 0 Å². The highest BCUT2D eigenvalue weighted by Gasteiger charge is 2.29. The Morgan fingerprint density at radius 3 is 2.55 bits per heavy atom. The first-order valence-electron chi connectivity index (χ1n) is 7.08. The summed E-state index contributed by atoms with van der Waals surface area (Å²) < 4.78 is 27.2. The number of sulfonamides is 1. The maximum absolute atomic E-state index is 12.6. The molecule has 1 saturated heterocycles. The van der Waals surface area contributed by atoms with Crippen molar-refractivity contribution < 1.29 is 8.42 Å². The third-order valence-corrected chi connectivity index (χ3v) is 6.94. The van der Waals surface area contributed by atoms with Gasteiger partial charge in [0, 0.05) is 32.7 Å². The van der Waals surface area contributed by atoms with Gasteiger partial charge in [-0.25, -0.2) is 8.42 Å². The second-order valence-corrected chi connectivity index (χ2v) is 7.97. The minimum absolute atomic E-state index is 0.468. The lowest BCUT2D eigenvalue weighted by Gasteiger charge is -2.32. The molecule has 1 aromatic rings. The van der Waals surface area contributed by atoms with Crippen LogP contribution in [0.3, 0.4) is 0 Å². The summed E-state index contributed by atoms with van der Waals surface area (Å²) in [6, 6.07) is 1.80. The minimum Gasteiger partial charge on any atom is -0.313 e. The molecule has 2 rings (SSSR count). The van der Waals surface area contributed by atoms with E-state index in [-0.39, 0.29) is 0 Å². The van der Waals surface area contributed by atoms with Crippen LogP contribution < -0.4 is 5.32 Å². The molecule has 1 aromatic heterocycles. The van der Waals surface area contributed by atoms with Gasteiger partial charge in [0.05, 0.1) is 0 Å². The van der Waals surface area contributed by atoms with Gasteiger partial charge in [0.25, 0.3) is 10.0 Å². The normalized spacial score (nSPS) is 18.5. The van der Waals surface area contributed by atoms with E-state index in [1.165, 1.54) is 11.3 Å². The van der Waals surface area contributed by atoms with Crippen LogP contribution in [0.4, 0.5) is 0 Å². The largest absolute Gasteiger partial charge is 0.313 e. The van der Waals surface area contributed by atoms with E-state index in [9.17, 15) is 8.42 Å². The number of hydrogen-bond acceptors (Lipinski definition) is 5. The minimum atomic E-state index is -3.30. The predicted octanol–water partition coefficient (Wildman–Crippen LogP) is 1.18. The highest BCUT2D eigenvalue weighted by atomic mass is 32.2. The molecule has 0 saturated carbocycles. The Balaban J connectivity index is 2.04. The third kappa shape index (κ3) is 3.59. The van der Waals surface area contributed by atoms with Crippen molar-refractivity contribution in [1.82, 2.24) is 14.5 Å². The first kappa shape index (κ1) is 15.9. The predicted molar refractivity (Wildman–Crippen MR) is 82.6 cm³/mol. The Morgan fingerprint density at radius 1 is 1.25 bits per heavy atom. The zero-order chi connectivity index (χ0) is 14.6. The average molecular weight is 317 g/mol. The topological polar surface area (TPSA) is 52.7 Å². The SMILES string of the molecule is CCNCc1csc(S(=O)(=O)N2CCN(CC)CC2)c1. The molecule has 2 heterocycles. The van der Waals surface area contributed by atoms with Crippen LogP contribution in [0.15, 0.2) is 15.7 Å². The Hall–Kier alpha value is -0.470. The fourth-order valence-electron chi connectivity index (χ4n) is 2.26. The number of piperazine rings is 1. The fraction of sp³-hybridized carbons (Fsp3) is 0.692. The molecule has 1 aliphatic rings. The molecule has 0 unspecified atom stereocenters. The lowest BCUT2D eigenvalue weighted by molar-refractivity contribution is 0.196. The standard InChI is InChI=1S/C13H23N3O2S2/c1-3-14-10-12-9-13(19-11-12)20(17,18)16-7-5-15(4-2)6-8-16/h9,11,14H,3-8,10H2,1-2H3. The molecule has 0 radical (unpaired) electrons. The smallest absolute Gasteiger partial charge is 0.252 e. The van der Waals surface area contributed by atoms with Crippen LogP contribution >= 0.6 is 11.3 Å². The van der Waals surface area contributed by atoms with Gasteiger partial charge in [-0.05, 0) is 30.1 Å². The quantitative estimate of drug-likeness (QED) is 0.856. The number of rotatable bonds is 6. The van der Waals surface area contributed by atoms with Crippen molar-refractivity contribution in [3.8, 4) is 0 Å². The zero-order valence-corrected chi connectivity index (χ0v) is 13.8. The van der Waals surface area contributed by atoms with Crippen molar-refractivity contribution in [2.45, 2.75) is 24.6 Å². The molecular formula is C13H23N3O2S2. The van der Waals surface area contributed by atoms with Gasteiger partial charge in [-0.2, -0.15) is 4.31 Å². The molecule has 0 aromatic carbocycles. The molecule has 1 aliphatic heterocycles. The van der Waals surface area contributed by atoms with Gasteiger partial charge in [-0.1, -0.05) is 13.8 Å². The van der Waals surface area contributed by atoms with Gasteiger partial charge >= 0.3 is 0 Å². The number of nitrogens with one attached hydrogen (secondary N) is 1. The van der Waals surface area contributed by atoms with Crippen molar-refractivity contribution in [2.75, 3.05) is 39.3 Å². The summed E-state index contributed by atoms with van der Waals surface area (Å²) in [5, 5.41) is 5.14. The van der Waals surface area contributed by atoms with Crippen molar-refractivity contribution in [3.05, 3.63) is 17.0 Å². The molecule has 20 heavy (non-hydrogen) atoms. The summed E-state index contributed by atoms with van der Waals surface area (Å²) in [7, 11) is -3.30. The summed E-state index contributed by atoms with van der Waals surface area (Å²) in [6.07, 6.45) is 0. The first-order valence-corrected chi connectivity index (χ1v) is 9.40. The second kappa shape index (κ2) is 7.00. The van der Waals surface area contributed by atoms with Crippen LogP contribution in [0.2, 0.25) is 0 Å². The molecule has 0 bridgehead atoms. The second-order valence-electron chi connectivity index (χ2n) is 4.89. The lowest BCUT2D eigenvalue weighted by Crippen LogP contribution is -2.48. The van der Waals surface area contributed by atoms with Crippen molar-refractivity contribution in [1.29, 1.82) is 0 Å². The highest BCUT2D eigenvalue weighted by molar-refractivity contribution is 7.91. The maximum Gasteiger partial charge on any atom is 0.252 e. The van der Waals surface area contributed by atoms with E-state index in [1.54, 1.807) is 10.4 Å². The van der Waals surface area contributed by atoms with Gasteiger partial charge in [-0.15, -0.1) is 11.3 Å². The summed E-state index contributed by atoms with van der Waals surface area (Å²) in [6.45, 7) is 9.58. The van der Waals surface area contributed by atoms with E-state index in [0.717, 1.165) is 38.3 Å². The number of hydrogen-bond donors (Lipinski definition) is 1. The van der Waals surface area contributed by atoms with Crippen LogP contribution in [0.5, 0.6) is 0 Å². The summed E-state index contributed by atoms with van der Waals surface area (Å²) in [5.41, 5.74) is 1.04. The summed E-state index contributed by atoms with van der Waals surface area (Å²) in [4.78, 5) is 2.27. The summed E-state index contributed by atoms with van der Waals surface area (Å²) in [5.74, 6) is 0. The van der Waals surface area contributed by atoms with Crippen LogP contribution in [-0.4, -0.2) is 56.9 Å². The van der Waals surface area contributed by atoms with Crippen LogP contribution in [0, 0.1) is 0 Å². The van der Waals surface area contributed by atoms with E-state index in [2.05, 4.69) is 17.1 Å². The molecule has 5 nitrogen and oxygen atoms in total. The van der Waals surface area contributed by atoms with Crippen LogP contribution in [0.25, 0.3) is 0 Å². The van der Waals surface area contributed by atoms with E-state index in [0.29, 0.717) is 17.3 Å². The maximum atomic E-state index is 12.6. The van der Waals surface area contributed by atoms with Gasteiger partial charge < -0.3 is 10.2 Å². The van der Waals surface area contributed by atoms with E-state index in [1.807, 2.05) is 12.3 Å². The molecule has 0 aliphatic carbocycles. The Bertz CT molecular complexity index is 519. The number of likely N-dealkylation sites (N-methyl/N-ethyl adjacent to an activating group) is 1. The third-order valence-electron chi connectivity index (χ3n) is 3.58. The highest BCUT2D eigenvalue weighted by Crippen LogP contribution is 2.24. The lowest BCUT2D eigenvalue weighted by atomic mass is 10.3. The zero-order valence-electron chi connectivity index (χ0n) is 12.1. The van der Waals surface area contributed by atoms with Gasteiger partial charge in [0.15, 0.2) is 0 Å². The van der Waals surface area contributed by atoms with Crippen molar-refractivity contribution in [2.24, 2.45) is 0 Å². The van der Waals surface area contributed by atoms with Crippen LogP contribution in [-0.2, 0) is 16.6 Å². The molecular weight excluding hydrogens is 294 g/mol. The van der Waals surface area contributed by atoms with Gasteiger partial charge in [0.2, 0.25) is 0 Å². The molecule has 1 N–H and O–H groups in total. The monoisotopic (exact) mass is 317 g/mol. The van der Waals surface area contributed by atoms with Gasteiger partial charge in [0.1, 0.15) is 4.21 Å². The molecule has 0 spiro atoms. The number of thiophene rings is 1. The molecule has 0 amide bonds. The molecule has 7 heteroatoms. The van der Waals surface area contributed by atoms with Gasteiger partial charge in [-0.3, -0.25) is 0 Å². The van der Waals surface area contributed by atoms with E-state index in [4.69, 9.17) is 0 Å². The Kier molecular flexibility index (Phi) is 5.57. The fourth-order valence-corrected chi connectivity index (χ4v) is 5.05. The van der Waals surface area contributed by atoms with E-state index < -0.39 is 10.0 Å². The first-order chi connectivity index (χ1) is 9.57. The number of nitrogens with zero attached hydrogens (tertiary/aromatic N) is 2.